The van der Waals surface area contributed by atoms with Gasteiger partial charge < -0.3 is 19.0 Å². The van der Waals surface area contributed by atoms with Crippen molar-refractivity contribution in [3.63, 3.8) is 0 Å². The summed E-state index contributed by atoms with van der Waals surface area (Å²) in [7, 11) is 1.59. The highest BCUT2D eigenvalue weighted by molar-refractivity contribution is 6.17. The molecule has 2 aliphatic rings. The average molecular weight is 509 g/mol. The monoisotopic (exact) mass is 508 g/mol. The Balaban J connectivity index is 1.63. The highest BCUT2D eigenvalue weighted by atomic mass is 16.5. The first kappa shape index (κ1) is 24.1. The number of methoxy groups -OCH3 is 1. The Bertz CT molecular complexity index is 1670. The molecule has 4 aromatic rings. The van der Waals surface area contributed by atoms with Crippen LogP contribution in [0.3, 0.4) is 0 Å². The number of aryl methyl sites for hydroxylation is 2. The van der Waals surface area contributed by atoms with Gasteiger partial charge in [0.25, 0.3) is 11.8 Å². The molecule has 38 heavy (non-hydrogen) atoms. The molecule has 7 nitrogen and oxygen atoms in total. The summed E-state index contributed by atoms with van der Waals surface area (Å²) in [5.41, 5.74) is 2.69. The molecule has 1 unspecified atom stereocenters. The van der Waals surface area contributed by atoms with Crippen molar-refractivity contribution >= 4 is 28.5 Å². The van der Waals surface area contributed by atoms with Crippen LogP contribution in [-0.2, 0) is 21.6 Å². The zero-order chi connectivity index (χ0) is 26.6. The molecular weight excluding hydrogens is 480 g/mol. The van der Waals surface area contributed by atoms with Gasteiger partial charge >= 0.3 is 0 Å². The summed E-state index contributed by atoms with van der Waals surface area (Å²) in [5.74, 6) is -0.857. The van der Waals surface area contributed by atoms with E-state index in [0.717, 1.165) is 16.7 Å². The van der Waals surface area contributed by atoms with E-state index in [1.165, 1.54) is 4.90 Å². The topological polar surface area (TPSA) is 80.1 Å². The van der Waals surface area contributed by atoms with Crippen LogP contribution in [0.1, 0.15) is 44.8 Å². The molecule has 0 radical (unpaired) electrons. The Morgan fingerprint density at radius 2 is 1.71 bits per heavy atom. The summed E-state index contributed by atoms with van der Waals surface area (Å²) in [6.45, 7) is 4.84. The molecule has 192 valence electrons. The normalized spacial score (nSPS) is 18.1. The maximum absolute atomic E-state index is 14.7. The molecule has 0 N–H and O–H groups in total. The fourth-order valence-corrected chi connectivity index (χ4v) is 5.92. The van der Waals surface area contributed by atoms with Crippen molar-refractivity contribution in [1.82, 2.24) is 4.90 Å². The Morgan fingerprint density at radius 3 is 2.50 bits per heavy atom. The standard InChI is InChI=1S/C31H28N2O5/c1-19-8-6-9-21(16-19)18-32-24-11-5-4-10-23(24)31(30(32)36)26-27(34)22-17-20(2)12-13-25(22)38-28(26)29(35)33(31)14-7-15-37-3/h4-6,8-13,16-17H,7,14-15,18H2,1-3H3. The van der Waals surface area contributed by atoms with Crippen LogP contribution in [0.15, 0.2) is 75.9 Å². The maximum atomic E-state index is 14.7. The third-order valence-electron chi connectivity index (χ3n) is 7.54. The minimum absolute atomic E-state index is 0.0654. The Kier molecular flexibility index (Phi) is 5.69. The second-order valence-corrected chi connectivity index (χ2v) is 10.0. The first-order chi connectivity index (χ1) is 18.4. The zero-order valence-corrected chi connectivity index (χ0v) is 21.6. The minimum atomic E-state index is -1.61. The first-order valence-electron chi connectivity index (χ1n) is 12.7. The Hall–Kier alpha value is -4.23. The van der Waals surface area contributed by atoms with E-state index in [9.17, 15) is 14.4 Å². The summed E-state index contributed by atoms with van der Waals surface area (Å²) >= 11 is 0. The maximum Gasteiger partial charge on any atom is 0.291 e. The molecule has 0 aliphatic carbocycles. The molecule has 6 rings (SSSR count). The van der Waals surface area contributed by atoms with Crippen molar-refractivity contribution in [2.75, 3.05) is 25.2 Å². The van der Waals surface area contributed by atoms with Crippen LogP contribution in [0.4, 0.5) is 5.69 Å². The van der Waals surface area contributed by atoms with Crippen LogP contribution in [0.25, 0.3) is 11.0 Å². The fourth-order valence-electron chi connectivity index (χ4n) is 5.92. The van der Waals surface area contributed by atoms with E-state index in [2.05, 4.69) is 0 Å². The van der Waals surface area contributed by atoms with Gasteiger partial charge in [-0.25, -0.2) is 0 Å². The number of rotatable bonds is 6. The largest absolute Gasteiger partial charge is 0.450 e. The number of para-hydroxylation sites is 1. The van der Waals surface area contributed by atoms with Gasteiger partial charge in [0, 0.05) is 25.8 Å². The summed E-state index contributed by atoms with van der Waals surface area (Å²) in [4.78, 5) is 46.1. The number of carbonyl (C=O) groups is 2. The molecule has 2 amide bonds. The molecule has 1 aromatic heterocycles. The van der Waals surface area contributed by atoms with E-state index in [0.29, 0.717) is 41.8 Å². The fraction of sp³-hybridized carbons (Fsp3) is 0.258. The molecule has 1 atom stereocenters. The van der Waals surface area contributed by atoms with Crippen LogP contribution in [0.2, 0.25) is 0 Å². The van der Waals surface area contributed by atoms with Crippen LogP contribution in [0.5, 0.6) is 0 Å². The van der Waals surface area contributed by atoms with E-state index in [1.807, 2.05) is 68.4 Å². The van der Waals surface area contributed by atoms with Crippen molar-refractivity contribution in [2.45, 2.75) is 32.4 Å². The van der Waals surface area contributed by atoms with Crippen LogP contribution >= 0.6 is 0 Å². The summed E-state index contributed by atoms with van der Waals surface area (Å²) in [5, 5.41) is 0.358. The lowest BCUT2D eigenvalue weighted by Gasteiger charge is -2.34. The molecule has 1 spiro atoms. The smallest absolute Gasteiger partial charge is 0.291 e. The second-order valence-electron chi connectivity index (χ2n) is 10.0. The molecule has 0 bridgehead atoms. The molecule has 0 saturated heterocycles. The second kappa shape index (κ2) is 8.96. The third kappa shape index (κ3) is 3.35. The number of hydrogen-bond acceptors (Lipinski definition) is 5. The van der Waals surface area contributed by atoms with Crippen LogP contribution in [-0.4, -0.2) is 37.0 Å². The average Bonchev–Trinajstić information content (AvgIpc) is 3.29. The summed E-state index contributed by atoms with van der Waals surface area (Å²) in [6, 6.07) is 20.7. The minimum Gasteiger partial charge on any atom is -0.450 e. The van der Waals surface area contributed by atoms with Crippen molar-refractivity contribution in [3.05, 3.63) is 111 Å². The Labute approximate surface area is 220 Å². The third-order valence-corrected chi connectivity index (χ3v) is 7.54. The number of amides is 2. The molecule has 0 fully saturated rings. The zero-order valence-electron chi connectivity index (χ0n) is 21.6. The van der Waals surface area contributed by atoms with Gasteiger partial charge in [0.1, 0.15) is 5.58 Å². The number of benzene rings is 3. The van der Waals surface area contributed by atoms with Crippen molar-refractivity contribution in [2.24, 2.45) is 0 Å². The van der Waals surface area contributed by atoms with Gasteiger partial charge in [-0.3, -0.25) is 14.4 Å². The summed E-state index contributed by atoms with van der Waals surface area (Å²) < 4.78 is 11.4. The Morgan fingerprint density at radius 1 is 0.921 bits per heavy atom. The van der Waals surface area contributed by atoms with Crippen molar-refractivity contribution < 1.29 is 18.7 Å². The number of anilines is 1. The molecular formula is C31H28N2O5. The van der Waals surface area contributed by atoms with Gasteiger partial charge in [-0.2, -0.15) is 0 Å². The highest BCUT2D eigenvalue weighted by Crippen LogP contribution is 2.52. The van der Waals surface area contributed by atoms with E-state index in [-0.39, 0.29) is 29.2 Å². The lowest BCUT2D eigenvalue weighted by molar-refractivity contribution is -0.126. The van der Waals surface area contributed by atoms with Gasteiger partial charge in [-0.15, -0.1) is 0 Å². The lowest BCUT2D eigenvalue weighted by Crippen LogP contribution is -2.53. The molecule has 3 aromatic carbocycles. The van der Waals surface area contributed by atoms with Gasteiger partial charge in [-0.05, 0) is 44.0 Å². The SMILES string of the molecule is COCCCN1C(=O)c2oc3ccc(C)cc3c(=O)c2C12C(=O)N(Cc1cccc(C)c1)c1ccccc12. The molecule has 0 saturated carbocycles. The number of ether oxygens (including phenoxy) is 1. The van der Waals surface area contributed by atoms with Gasteiger partial charge in [0.2, 0.25) is 5.76 Å². The van der Waals surface area contributed by atoms with Crippen LogP contribution in [0, 0.1) is 13.8 Å². The van der Waals surface area contributed by atoms with Crippen molar-refractivity contribution in [3.8, 4) is 0 Å². The van der Waals surface area contributed by atoms with Gasteiger partial charge in [-0.1, -0.05) is 59.7 Å². The first-order valence-corrected chi connectivity index (χ1v) is 12.7. The molecule has 3 heterocycles. The highest BCUT2D eigenvalue weighted by Gasteiger charge is 2.64. The van der Waals surface area contributed by atoms with Gasteiger partial charge in [0.15, 0.2) is 11.0 Å². The van der Waals surface area contributed by atoms with E-state index in [1.54, 1.807) is 24.1 Å². The molecule has 7 heteroatoms. The van der Waals surface area contributed by atoms with E-state index < -0.39 is 11.4 Å². The van der Waals surface area contributed by atoms with E-state index in [4.69, 9.17) is 9.15 Å². The lowest BCUT2D eigenvalue weighted by atomic mass is 9.84. The number of fused-ring (bicyclic) bond motifs is 5. The predicted molar refractivity (Wildman–Crippen MR) is 144 cm³/mol. The van der Waals surface area contributed by atoms with Crippen LogP contribution < -0.4 is 10.3 Å². The molecule has 2 aliphatic heterocycles. The quantitative estimate of drug-likeness (QED) is 0.353. The number of carbonyl (C=O) groups excluding carboxylic acids is 2. The number of nitrogens with zero attached hydrogens (tertiary/aromatic N) is 2. The van der Waals surface area contributed by atoms with E-state index >= 15 is 0 Å². The number of hydrogen-bond donors (Lipinski definition) is 0. The van der Waals surface area contributed by atoms with Gasteiger partial charge in [0.05, 0.1) is 23.2 Å². The van der Waals surface area contributed by atoms with Crippen molar-refractivity contribution in [1.29, 1.82) is 0 Å². The summed E-state index contributed by atoms with van der Waals surface area (Å²) in [6.07, 6.45) is 0.498. The predicted octanol–water partition coefficient (Wildman–Crippen LogP) is 4.69.